The van der Waals surface area contributed by atoms with Crippen LogP contribution in [0, 0.1) is 5.92 Å². The molecular weight excluding hydrogens is 366 g/mol. The third kappa shape index (κ3) is 3.48. The van der Waals surface area contributed by atoms with Gasteiger partial charge < -0.3 is 10.2 Å². The van der Waals surface area contributed by atoms with Gasteiger partial charge in [-0.1, -0.05) is 19.1 Å². The SMILES string of the molecule is CC1CC(=O)N(C2CC2)N=C1c1ccc(NC(=O)N2Cc3ccncc3C2)cc1. The van der Waals surface area contributed by atoms with Crippen molar-refractivity contribution >= 4 is 23.3 Å². The average molecular weight is 389 g/mol. The number of anilines is 1. The minimum Gasteiger partial charge on any atom is -0.316 e. The van der Waals surface area contributed by atoms with E-state index >= 15 is 0 Å². The van der Waals surface area contributed by atoms with Crippen molar-refractivity contribution in [2.75, 3.05) is 5.32 Å². The van der Waals surface area contributed by atoms with E-state index in [1.165, 1.54) is 0 Å². The monoisotopic (exact) mass is 389 g/mol. The lowest BCUT2D eigenvalue weighted by Crippen LogP contribution is -2.37. The first kappa shape index (κ1) is 17.8. The Morgan fingerprint density at radius 1 is 1.10 bits per heavy atom. The van der Waals surface area contributed by atoms with Gasteiger partial charge >= 0.3 is 6.03 Å². The van der Waals surface area contributed by atoms with Gasteiger partial charge in [0.2, 0.25) is 5.91 Å². The first-order valence-corrected chi connectivity index (χ1v) is 10.1. The predicted molar refractivity (Wildman–Crippen MR) is 109 cm³/mol. The van der Waals surface area contributed by atoms with Gasteiger partial charge in [0.15, 0.2) is 0 Å². The number of nitrogens with one attached hydrogen (secondary N) is 1. The topological polar surface area (TPSA) is 77.9 Å². The second-order valence-corrected chi connectivity index (χ2v) is 8.07. The molecule has 1 aromatic heterocycles. The summed E-state index contributed by atoms with van der Waals surface area (Å²) in [5.41, 5.74) is 4.92. The van der Waals surface area contributed by atoms with Crippen LogP contribution in [0.4, 0.5) is 10.5 Å². The van der Waals surface area contributed by atoms with E-state index in [-0.39, 0.29) is 23.9 Å². The number of hydrogen-bond acceptors (Lipinski definition) is 4. The largest absolute Gasteiger partial charge is 0.322 e. The molecule has 5 rings (SSSR count). The fraction of sp³-hybridized carbons (Fsp3) is 0.364. The van der Waals surface area contributed by atoms with E-state index in [1.807, 2.05) is 43.5 Å². The molecule has 1 aliphatic carbocycles. The Labute approximate surface area is 169 Å². The van der Waals surface area contributed by atoms with Gasteiger partial charge in [0.25, 0.3) is 0 Å². The number of rotatable bonds is 3. The molecule has 1 atom stereocenters. The molecule has 3 aliphatic rings. The van der Waals surface area contributed by atoms with E-state index in [4.69, 9.17) is 0 Å². The minimum absolute atomic E-state index is 0.0923. The van der Waals surface area contributed by atoms with Crippen molar-refractivity contribution in [2.24, 2.45) is 11.0 Å². The summed E-state index contributed by atoms with van der Waals surface area (Å²) >= 11 is 0. The Balaban J connectivity index is 1.28. The number of urea groups is 1. The Bertz CT molecular complexity index is 972. The number of hydrogen-bond donors (Lipinski definition) is 1. The number of benzene rings is 1. The van der Waals surface area contributed by atoms with Crippen molar-refractivity contribution in [3.8, 4) is 0 Å². The second-order valence-electron chi connectivity index (χ2n) is 8.07. The molecule has 7 heteroatoms. The van der Waals surface area contributed by atoms with E-state index < -0.39 is 0 Å². The van der Waals surface area contributed by atoms with Gasteiger partial charge in [-0.3, -0.25) is 9.78 Å². The summed E-state index contributed by atoms with van der Waals surface area (Å²) in [6, 6.07) is 9.84. The third-order valence-corrected chi connectivity index (χ3v) is 5.76. The molecule has 3 heterocycles. The van der Waals surface area contributed by atoms with E-state index in [0.717, 1.165) is 40.9 Å². The van der Waals surface area contributed by atoms with Crippen LogP contribution in [-0.2, 0) is 17.9 Å². The summed E-state index contributed by atoms with van der Waals surface area (Å²) < 4.78 is 0. The van der Waals surface area contributed by atoms with Crippen LogP contribution in [0.15, 0.2) is 47.8 Å². The molecule has 7 nitrogen and oxygen atoms in total. The Morgan fingerprint density at radius 3 is 2.59 bits per heavy atom. The van der Waals surface area contributed by atoms with Crippen LogP contribution in [-0.4, -0.2) is 38.6 Å². The van der Waals surface area contributed by atoms with Gasteiger partial charge in [-0.05, 0) is 47.7 Å². The third-order valence-electron chi connectivity index (χ3n) is 5.76. The maximum absolute atomic E-state index is 12.6. The van der Waals surface area contributed by atoms with Crippen LogP contribution in [0.25, 0.3) is 0 Å². The van der Waals surface area contributed by atoms with Crippen molar-refractivity contribution in [3.05, 3.63) is 59.4 Å². The van der Waals surface area contributed by atoms with Crippen LogP contribution >= 0.6 is 0 Å². The lowest BCUT2D eigenvalue weighted by Gasteiger charge is -2.27. The van der Waals surface area contributed by atoms with Crippen molar-refractivity contribution in [3.63, 3.8) is 0 Å². The van der Waals surface area contributed by atoms with Crippen molar-refractivity contribution < 1.29 is 9.59 Å². The molecule has 3 amide bonds. The molecular formula is C22H23N5O2. The van der Waals surface area contributed by atoms with Gasteiger partial charge in [0.1, 0.15) is 0 Å². The van der Waals surface area contributed by atoms with Gasteiger partial charge in [0.05, 0.1) is 11.8 Å². The molecule has 0 spiro atoms. The van der Waals surface area contributed by atoms with E-state index in [1.54, 1.807) is 16.1 Å². The molecule has 1 unspecified atom stereocenters. The smallest absolute Gasteiger partial charge is 0.316 e. The number of carbonyl (C=O) groups is 2. The van der Waals surface area contributed by atoms with E-state index in [2.05, 4.69) is 15.4 Å². The zero-order valence-electron chi connectivity index (χ0n) is 16.3. The molecule has 1 saturated carbocycles. The number of hydrazone groups is 1. The minimum atomic E-state index is -0.122. The van der Waals surface area contributed by atoms with Gasteiger partial charge in [-0.2, -0.15) is 5.10 Å². The lowest BCUT2D eigenvalue weighted by molar-refractivity contribution is -0.133. The standard InChI is InChI=1S/C22H23N5O2/c1-14-10-20(28)27(19-6-7-19)25-21(14)15-2-4-18(5-3-15)24-22(29)26-12-16-8-9-23-11-17(16)13-26/h2-5,8-9,11,14,19H,6-7,10,12-13H2,1H3,(H,24,29). The van der Waals surface area contributed by atoms with Crippen molar-refractivity contribution in [2.45, 2.75) is 45.3 Å². The molecule has 1 N–H and O–H groups in total. The summed E-state index contributed by atoms with van der Waals surface area (Å²) in [4.78, 5) is 30.7. The van der Waals surface area contributed by atoms with Crippen LogP contribution in [0.1, 0.15) is 42.9 Å². The van der Waals surface area contributed by atoms with Crippen molar-refractivity contribution in [1.29, 1.82) is 0 Å². The summed E-state index contributed by atoms with van der Waals surface area (Å²) in [5, 5.41) is 9.29. The molecule has 1 fully saturated rings. The molecule has 0 saturated heterocycles. The number of nitrogens with zero attached hydrogens (tertiary/aromatic N) is 4. The highest BCUT2D eigenvalue weighted by Crippen LogP contribution is 2.32. The highest BCUT2D eigenvalue weighted by molar-refractivity contribution is 6.06. The summed E-state index contributed by atoms with van der Waals surface area (Å²) in [6.07, 6.45) is 6.15. The molecule has 2 aliphatic heterocycles. The highest BCUT2D eigenvalue weighted by atomic mass is 16.2. The quantitative estimate of drug-likeness (QED) is 0.874. The zero-order valence-corrected chi connectivity index (χ0v) is 16.3. The Kier molecular flexibility index (Phi) is 4.30. The fourth-order valence-corrected chi connectivity index (χ4v) is 3.96. The normalized spacial score (nSPS) is 21.1. The highest BCUT2D eigenvalue weighted by Gasteiger charge is 2.37. The number of carbonyl (C=O) groups excluding carboxylic acids is 2. The summed E-state index contributed by atoms with van der Waals surface area (Å²) in [6.45, 7) is 3.21. The lowest BCUT2D eigenvalue weighted by atomic mass is 9.93. The molecule has 0 radical (unpaired) electrons. The maximum atomic E-state index is 12.6. The molecule has 148 valence electrons. The Morgan fingerprint density at radius 2 is 1.86 bits per heavy atom. The number of fused-ring (bicyclic) bond motifs is 1. The van der Waals surface area contributed by atoms with Gasteiger partial charge in [-0.15, -0.1) is 0 Å². The first-order chi connectivity index (χ1) is 14.1. The second kappa shape index (κ2) is 6.99. The summed E-state index contributed by atoms with van der Waals surface area (Å²) in [5.74, 6) is 0.212. The molecule has 2 aromatic rings. The van der Waals surface area contributed by atoms with Gasteiger partial charge in [-0.25, -0.2) is 9.80 Å². The van der Waals surface area contributed by atoms with Crippen LogP contribution in [0.2, 0.25) is 0 Å². The zero-order chi connectivity index (χ0) is 20.0. The number of aromatic nitrogens is 1. The van der Waals surface area contributed by atoms with Crippen LogP contribution in [0.3, 0.4) is 0 Å². The first-order valence-electron chi connectivity index (χ1n) is 10.1. The van der Waals surface area contributed by atoms with Crippen molar-refractivity contribution in [1.82, 2.24) is 14.9 Å². The number of amides is 3. The number of pyridine rings is 1. The predicted octanol–water partition coefficient (Wildman–Crippen LogP) is 3.36. The van der Waals surface area contributed by atoms with Crippen LogP contribution < -0.4 is 5.32 Å². The Hall–Kier alpha value is -3.22. The van der Waals surface area contributed by atoms with Crippen LogP contribution in [0.5, 0.6) is 0 Å². The fourth-order valence-electron chi connectivity index (χ4n) is 3.96. The maximum Gasteiger partial charge on any atom is 0.322 e. The van der Waals surface area contributed by atoms with E-state index in [0.29, 0.717) is 19.5 Å². The average Bonchev–Trinajstić information content (AvgIpc) is 3.46. The molecule has 1 aromatic carbocycles. The van der Waals surface area contributed by atoms with Gasteiger partial charge in [0, 0.05) is 43.5 Å². The molecule has 0 bridgehead atoms. The molecule has 29 heavy (non-hydrogen) atoms. The summed E-state index contributed by atoms with van der Waals surface area (Å²) in [7, 11) is 0. The van der Waals surface area contributed by atoms with E-state index in [9.17, 15) is 9.59 Å².